The van der Waals surface area contributed by atoms with Crippen molar-refractivity contribution >= 4 is 10.9 Å². The fourth-order valence-corrected chi connectivity index (χ4v) is 4.79. The van der Waals surface area contributed by atoms with Crippen molar-refractivity contribution in [2.45, 2.75) is 52.9 Å². The predicted molar refractivity (Wildman–Crippen MR) is 144 cm³/mol. The summed E-state index contributed by atoms with van der Waals surface area (Å²) >= 11 is 0. The van der Waals surface area contributed by atoms with Crippen LogP contribution in [0.25, 0.3) is 10.9 Å². The van der Waals surface area contributed by atoms with Crippen molar-refractivity contribution in [3.63, 3.8) is 0 Å². The van der Waals surface area contributed by atoms with Crippen LogP contribution in [0.4, 0.5) is 4.39 Å². The van der Waals surface area contributed by atoms with E-state index in [4.69, 9.17) is 0 Å². The number of halogens is 1. The van der Waals surface area contributed by atoms with Crippen molar-refractivity contribution in [1.29, 1.82) is 0 Å². The number of nitrogens with one attached hydrogen (secondary N) is 1. The molecule has 5 rings (SSSR count). The Labute approximate surface area is 220 Å². The molecule has 0 unspecified atom stereocenters. The maximum Gasteiger partial charge on any atom is 0.252 e. The normalized spacial score (nSPS) is 12.3. The van der Waals surface area contributed by atoms with Crippen molar-refractivity contribution in [2.24, 2.45) is 0 Å². The Hall–Kier alpha value is -4.24. The molecule has 0 spiro atoms. The van der Waals surface area contributed by atoms with Gasteiger partial charge in [-0.25, -0.2) is 9.07 Å². The second-order valence-corrected chi connectivity index (χ2v) is 9.66. The highest BCUT2D eigenvalue weighted by Gasteiger charge is 2.26. The molecule has 0 fully saturated rings. The number of aromatic amines is 1. The largest absolute Gasteiger partial charge is 0.322 e. The maximum atomic E-state index is 13.4. The second kappa shape index (κ2) is 11.0. The number of rotatable bonds is 9. The van der Waals surface area contributed by atoms with E-state index in [-0.39, 0.29) is 17.4 Å². The van der Waals surface area contributed by atoms with Gasteiger partial charge < -0.3 is 4.98 Å². The van der Waals surface area contributed by atoms with Crippen LogP contribution in [0.3, 0.4) is 0 Å². The van der Waals surface area contributed by atoms with Gasteiger partial charge >= 0.3 is 0 Å². The smallest absolute Gasteiger partial charge is 0.252 e. The summed E-state index contributed by atoms with van der Waals surface area (Å²) < 4.78 is 15.2. The monoisotopic (exact) mass is 511 g/mol. The van der Waals surface area contributed by atoms with Crippen LogP contribution >= 0.6 is 0 Å². The summed E-state index contributed by atoms with van der Waals surface area (Å²) in [6.45, 7) is 7.56. The first-order chi connectivity index (χ1) is 18.4. The Bertz CT molecular complexity index is 1600. The third-order valence-electron chi connectivity index (χ3n) is 6.95. The van der Waals surface area contributed by atoms with Crippen LogP contribution in [0.5, 0.6) is 0 Å². The minimum Gasteiger partial charge on any atom is -0.322 e. The molecular formula is C29H30FN7O. The number of H-pyrrole nitrogens is 1. The number of aromatic nitrogens is 6. The van der Waals surface area contributed by atoms with Crippen molar-refractivity contribution in [2.75, 3.05) is 0 Å². The lowest BCUT2D eigenvalue weighted by molar-refractivity contribution is 0.161. The van der Waals surface area contributed by atoms with E-state index < -0.39 is 0 Å². The lowest BCUT2D eigenvalue weighted by atomic mass is 10.0. The van der Waals surface area contributed by atoms with E-state index in [0.29, 0.717) is 37.4 Å². The van der Waals surface area contributed by atoms with Gasteiger partial charge in [0.1, 0.15) is 5.82 Å². The van der Waals surface area contributed by atoms with Crippen LogP contribution in [-0.2, 0) is 19.6 Å². The highest BCUT2D eigenvalue weighted by atomic mass is 19.1. The molecule has 0 bridgehead atoms. The molecular weight excluding hydrogens is 481 g/mol. The van der Waals surface area contributed by atoms with Gasteiger partial charge in [-0.15, -0.1) is 5.10 Å². The molecule has 0 saturated heterocycles. The van der Waals surface area contributed by atoms with Crippen LogP contribution in [0, 0.1) is 19.7 Å². The van der Waals surface area contributed by atoms with Gasteiger partial charge in [0.2, 0.25) is 0 Å². The number of pyridine rings is 2. The van der Waals surface area contributed by atoms with Gasteiger partial charge in [-0.1, -0.05) is 25.1 Å². The summed E-state index contributed by atoms with van der Waals surface area (Å²) in [4.78, 5) is 22.7. The van der Waals surface area contributed by atoms with Gasteiger partial charge in [0.25, 0.3) is 5.56 Å². The van der Waals surface area contributed by atoms with Crippen LogP contribution in [0.2, 0.25) is 0 Å². The molecule has 0 aliphatic carbocycles. The third kappa shape index (κ3) is 5.52. The van der Waals surface area contributed by atoms with E-state index in [2.05, 4.69) is 50.3 Å². The average Bonchev–Trinajstić information content (AvgIpc) is 3.36. The Morgan fingerprint density at radius 2 is 1.82 bits per heavy atom. The van der Waals surface area contributed by atoms with Crippen LogP contribution in [0.15, 0.2) is 71.8 Å². The van der Waals surface area contributed by atoms with E-state index >= 15 is 0 Å². The molecule has 5 aromatic rings. The van der Waals surface area contributed by atoms with Crippen molar-refractivity contribution in [3.8, 4) is 0 Å². The van der Waals surface area contributed by atoms with Gasteiger partial charge in [-0.2, -0.15) is 0 Å². The fourth-order valence-electron chi connectivity index (χ4n) is 4.79. The molecule has 38 heavy (non-hydrogen) atoms. The first kappa shape index (κ1) is 25.4. The quantitative estimate of drug-likeness (QED) is 0.304. The van der Waals surface area contributed by atoms with Gasteiger partial charge in [0.15, 0.2) is 5.82 Å². The number of hydrogen-bond donors (Lipinski definition) is 1. The molecule has 0 amide bonds. The molecule has 1 atom stereocenters. The summed E-state index contributed by atoms with van der Waals surface area (Å²) in [5.74, 6) is 0.398. The SMILES string of the molecule is CC[C@@H](c1nnnn1Cc1ccc(F)cc1)N(Cc1cccnc1)Cc1cc2cc(C)c(C)cc2[nH]c1=O. The molecule has 194 valence electrons. The lowest BCUT2D eigenvalue weighted by Gasteiger charge is -2.30. The third-order valence-corrected chi connectivity index (χ3v) is 6.95. The molecule has 0 aliphatic rings. The van der Waals surface area contributed by atoms with Gasteiger partial charge in [0, 0.05) is 36.6 Å². The number of benzene rings is 2. The molecule has 0 aliphatic heterocycles. The molecule has 3 heterocycles. The Balaban J connectivity index is 1.52. The highest BCUT2D eigenvalue weighted by Crippen LogP contribution is 2.27. The highest BCUT2D eigenvalue weighted by molar-refractivity contribution is 5.80. The van der Waals surface area contributed by atoms with Crippen molar-refractivity contribution in [1.82, 2.24) is 35.1 Å². The molecule has 3 aromatic heterocycles. The van der Waals surface area contributed by atoms with Crippen molar-refractivity contribution in [3.05, 3.63) is 117 Å². The Kier molecular flexibility index (Phi) is 7.37. The molecule has 0 saturated carbocycles. The zero-order valence-corrected chi connectivity index (χ0v) is 21.7. The summed E-state index contributed by atoms with van der Waals surface area (Å²) in [6.07, 6.45) is 4.29. The van der Waals surface area contributed by atoms with Crippen LogP contribution in [-0.4, -0.2) is 35.1 Å². The molecule has 8 nitrogen and oxygen atoms in total. The topological polar surface area (TPSA) is 92.6 Å². The van der Waals surface area contributed by atoms with Crippen LogP contribution < -0.4 is 5.56 Å². The van der Waals surface area contributed by atoms with E-state index in [0.717, 1.165) is 27.6 Å². The number of fused-ring (bicyclic) bond motifs is 1. The number of tetrazole rings is 1. The number of nitrogens with zero attached hydrogens (tertiary/aromatic N) is 6. The van der Waals surface area contributed by atoms with E-state index in [1.807, 2.05) is 37.4 Å². The first-order valence-electron chi connectivity index (χ1n) is 12.7. The summed E-state index contributed by atoms with van der Waals surface area (Å²) in [5.41, 5.74) is 5.61. The summed E-state index contributed by atoms with van der Waals surface area (Å²) in [6, 6.07) is 16.2. The standard InChI is InChI=1S/C29H30FN7O/c1-4-27(28-33-34-35-37(28)17-21-7-9-25(30)10-8-21)36(16-22-6-5-11-31-15-22)18-24-14-23-12-19(2)20(3)13-26(23)32-29(24)38/h5-15,27H,4,16-18H2,1-3H3,(H,32,38)/t27-/m0/s1. The summed E-state index contributed by atoms with van der Waals surface area (Å²) in [5, 5.41) is 13.6. The van der Waals surface area contributed by atoms with Gasteiger partial charge in [-0.05, 0) is 94.7 Å². The summed E-state index contributed by atoms with van der Waals surface area (Å²) in [7, 11) is 0. The minimum atomic E-state index is -0.286. The van der Waals surface area contributed by atoms with Crippen molar-refractivity contribution < 1.29 is 4.39 Å². The second-order valence-electron chi connectivity index (χ2n) is 9.66. The lowest BCUT2D eigenvalue weighted by Crippen LogP contribution is -2.32. The number of aryl methyl sites for hydroxylation is 2. The Morgan fingerprint density at radius 3 is 2.55 bits per heavy atom. The van der Waals surface area contributed by atoms with E-state index in [1.165, 1.54) is 17.7 Å². The van der Waals surface area contributed by atoms with E-state index in [9.17, 15) is 9.18 Å². The van der Waals surface area contributed by atoms with Gasteiger partial charge in [0.05, 0.1) is 12.6 Å². The first-order valence-corrected chi connectivity index (χ1v) is 12.7. The van der Waals surface area contributed by atoms with Crippen LogP contribution in [0.1, 0.15) is 53.0 Å². The number of hydrogen-bond acceptors (Lipinski definition) is 6. The predicted octanol–water partition coefficient (Wildman–Crippen LogP) is 4.87. The zero-order valence-electron chi connectivity index (χ0n) is 21.7. The molecule has 1 N–H and O–H groups in total. The fraction of sp³-hybridized carbons (Fsp3) is 0.276. The molecule has 0 radical (unpaired) electrons. The zero-order chi connectivity index (χ0) is 26.6. The maximum absolute atomic E-state index is 13.4. The average molecular weight is 512 g/mol. The minimum absolute atomic E-state index is 0.113. The van der Waals surface area contributed by atoms with E-state index in [1.54, 1.807) is 23.0 Å². The Morgan fingerprint density at radius 1 is 1.03 bits per heavy atom. The molecule has 2 aromatic carbocycles. The van der Waals surface area contributed by atoms with Gasteiger partial charge in [-0.3, -0.25) is 14.7 Å². The molecule has 9 heteroatoms.